The summed E-state index contributed by atoms with van der Waals surface area (Å²) in [4.78, 5) is 21.3. The van der Waals surface area contributed by atoms with Gasteiger partial charge in [0.2, 0.25) is 5.91 Å². The molecule has 1 saturated heterocycles. The van der Waals surface area contributed by atoms with E-state index in [0.717, 1.165) is 51.4 Å². The van der Waals surface area contributed by atoms with E-state index >= 15 is 0 Å². The highest BCUT2D eigenvalue weighted by Gasteiger charge is 2.26. The number of rotatable bonds is 8. The molecule has 0 atom stereocenters. The average Bonchev–Trinajstić information content (AvgIpc) is 2.66. The number of amides is 1. The summed E-state index contributed by atoms with van der Waals surface area (Å²) in [6, 6.07) is 6.00. The van der Waals surface area contributed by atoms with Crippen LogP contribution in [0.4, 0.5) is 5.82 Å². The maximum absolute atomic E-state index is 12.3. The van der Waals surface area contributed by atoms with Crippen LogP contribution in [0.15, 0.2) is 24.4 Å². The van der Waals surface area contributed by atoms with Crippen LogP contribution in [-0.2, 0) is 4.79 Å². The fourth-order valence-electron chi connectivity index (χ4n) is 3.13. The van der Waals surface area contributed by atoms with Crippen molar-refractivity contribution in [3.63, 3.8) is 0 Å². The van der Waals surface area contributed by atoms with Gasteiger partial charge in [0.05, 0.1) is 5.54 Å². The van der Waals surface area contributed by atoms with E-state index in [0.29, 0.717) is 13.0 Å². The first-order valence-corrected chi connectivity index (χ1v) is 9.02. The lowest BCUT2D eigenvalue weighted by molar-refractivity contribution is -0.123. The van der Waals surface area contributed by atoms with E-state index in [-0.39, 0.29) is 36.3 Å². The van der Waals surface area contributed by atoms with Crippen molar-refractivity contribution in [1.82, 2.24) is 15.2 Å². The van der Waals surface area contributed by atoms with Gasteiger partial charge in [-0.25, -0.2) is 4.98 Å². The molecule has 1 aliphatic rings. The molecule has 0 saturated carbocycles. The molecule has 0 spiro atoms. The topological polar surface area (TPSA) is 74.5 Å². The quantitative estimate of drug-likeness (QED) is 0.692. The standard InChI is InChI=1S/C18H31N5O.2ClH/c1-3-18(4-2,15-19)21-17(24)8-10-22-11-13-23(14-12-22)16-7-5-6-9-20-16;;/h5-7,9H,3-4,8,10-15,19H2,1-2H3,(H,21,24);2*1H. The van der Waals surface area contributed by atoms with Crippen molar-refractivity contribution in [2.45, 2.75) is 38.6 Å². The van der Waals surface area contributed by atoms with Crippen LogP contribution in [0.2, 0.25) is 0 Å². The van der Waals surface area contributed by atoms with E-state index in [1.807, 2.05) is 24.4 Å². The maximum atomic E-state index is 12.3. The highest BCUT2D eigenvalue weighted by molar-refractivity contribution is 5.85. The van der Waals surface area contributed by atoms with Crippen LogP contribution in [0.1, 0.15) is 33.1 Å². The number of nitrogens with two attached hydrogens (primary N) is 1. The van der Waals surface area contributed by atoms with E-state index in [9.17, 15) is 4.79 Å². The summed E-state index contributed by atoms with van der Waals surface area (Å²) in [5.74, 6) is 1.14. The number of aromatic nitrogens is 1. The van der Waals surface area contributed by atoms with Gasteiger partial charge in [-0.2, -0.15) is 0 Å². The lowest BCUT2D eigenvalue weighted by Gasteiger charge is -2.36. The van der Waals surface area contributed by atoms with E-state index in [1.165, 1.54) is 0 Å². The van der Waals surface area contributed by atoms with Crippen LogP contribution in [0.5, 0.6) is 0 Å². The molecule has 1 aliphatic heterocycles. The molecule has 3 N–H and O–H groups in total. The molecular weight excluding hydrogens is 373 g/mol. The summed E-state index contributed by atoms with van der Waals surface area (Å²) in [7, 11) is 0. The highest BCUT2D eigenvalue weighted by atomic mass is 35.5. The number of halogens is 2. The smallest absolute Gasteiger partial charge is 0.221 e. The minimum absolute atomic E-state index is 0. The molecule has 6 nitrogen and oxygen atoms in total. The summed E-state index contributed by atoms with van der Waals surface area (Å²) in [5.41, 5.74) is 5.61. The Morgan fingerprint density at radius 3 is 2.35 bits per heavy atom. The first-order chi connectivity index (χ1) is 11.6. The van der Waals surface area contributed by atoms with Crippen molar-refractivity contribution >= 4 is 36.5 Å². The molecular formula is C18H33Cl2N5O. The van der Waals surface area contributed by atoms with Gasteiger partial charge in [-0.1, -0.05) is 19.9 Å². The molecule has 2 rings (SSSR count). The summed E-state index contributed by atoms with van der Waals surface area (Å²) >= 11 is 0. The Kier molecular flexibility index (Phi) is 11.8. The van der Waals surface area contributed by atoms with E-state index < -0.39 is 0 Å². The number of nitrogens with one attached hydrogen (secondary N) is 1. The lowest BCUT2D eigenvalue weighted by Crippen LogP contribution is -2.53. The van der Waals surface area contributed by atoms with Crippen molar-refractivity contribution in [1.29, 1.82) is 0 Å². The van der Waals surface area contributed by atoms with E-state index in [4.69, 9.17) is 5.73 Å². The molecule has 0 aromatic carbocycles. The van der Waals surface area contributed by atoms with Gasteiger partial charge >= 0.3 is 0 Å². The number of pyridine rings is 1. The van der Waals surface area contributed by atoms with Crippen molar-refractivity contribution in [2.75, 3.05) is 44.2 Å². The zero-order valence-corrected chi connectivity index (χ0v) is 17.5. The Morgan fingerprint density at radius 1 is 1.19 bits per heavy atom. The van der Waals surface area contributed by atoms with Gasteiger partial charge in [0.1, 0.15) is 5.82 Å². The fraction of sp³-hybridized carbons (Fsp3) is 0.667. The van der Waals surface area contributed by atoms with Gasteiger partial charge in [-0.05, 0) is 25.0 Å². The molecule has 1 aromatic rings. The third kappa shape index (κ3) is 6.91. The number of hydrogen-bond acceptors (Lipinski definition) is 5. The average molecular weight is 406 g/mol. The van der Waals surface area contributed by atoms with Gasteiger partial charge in [0, 0.05) is 51.9 Å². The fourth-order valence-corrected chi connectivity index (χ4v) is 3.13. The first-order valence-electron chi connectivity index (χ1n) is 9.02. The molecule has 150 valence electrons. The van der Waals surface area contributed by atoms with Crippen LogP contribution in [-0.4, -0.2) is 60.6 Å². The van der Waals surface area contributed by atoms with E-state index in [1.54, 1.807) is 0 Å². The van der Waals surface area contributed by atoms with Crippen molar-refractivity contribution in [3.05, 3.63) is 24.4 Å². The first kappa shape index (κ1) is 24.9. The number of carbonyl (C=O) groups is 1. The van der Waals surface area contributed by atoms with Crippen LogP contribution < -0.4 is 16.0 Å². The van der Waals surface area contributed by atoms with Crippen molar-refractivity contribution in [2.24, 2.45) is 5.73 Å². The molecule has 26 heavy (non-hydrogen) atoms. The second-order valence-electron chi connectivity index (χ2n) is 6.51. The largest absolute Gasteiger partial charge is 0.354 e. The Bertz CT molecular complexity index is 497. The van der Waals surface area contributed by atoms with E-state index in [2.05, 4.69) is 33.9 Å². The predicted octanol–water partition coefficient (Wildman–Crippen LogP) is 2.07. The number of piperazine rings is 1. The monoisotopic (exact) mass is 405 g/mol. The number of hydrogen-bond donors (Lipinski definition) is 2. The summed E-state index contributed by atoms with van der Waals surface area (Å²) in [5, 5.41) is 3.14. The second-order valence-corrected chi connectivity index (χ2v) is 6.51. The highest BCUT2D eigenvalue weighted by Crippen LogP contribution is 2.14. The van der Waals surface area contributed by atoms with Crippen LogP contribution in [0.25, 0.3) is 0 Å². The molecule has 0 bridgehead atoms. The van der Waals surface area contributed by atoms with Gasteiger partial charge < -0.3 is 16.0 Å². The third-order valence-electron chi connectivity index (χ3n) is 5.15. The van der Waals surface area contributed by atoms with Crippen LogP contribution in [0, 0.1) is 0 Å². The summed E-state index contributed by atoms with van der Waals surface area (Å²) in [6.45, 7) is 9.29. The summed E-state index contributed by atoms with van der Waals surface area (Å²) in [6.07, 6.45) is 4.10. The Labute approximate surface area is 169 Å². The molecule has 0 unspecified atom stereocenters. The minimum Gasteiger partial charge on any atom is -0.354 e. The molecule has 0 radical (unpaired) electrons. The van der Waals surface area contributed by atoms with Crippen molar-refractivity contribution < 1.29 is 4.79 Å². The number of anilines is 1. The van der Waals surface area contributed by atoms with Crippen LogP contribution in [0.3, 0.4) is 0 Å². The second kappa shape index (κ2) is 12.3. The minimum atomic E-state index is -0.241. The zero-order valence-electron chi connectivity index (χ0n) is 15.8. The Hall–Kier alpha value is -1.08. The van der Waals surface area contributed by atoms with Gasteiger partial charge in [-0.15, -0.1) is 24.8 Å². The normalized spacial score (nSPS) is 15.0. The molecule has 1 fully saturated rings. The lowest BCUT2D eigenvalue weighted by atomic mass is 9.93. The Morgan fingerprint density at radius 2 is 1.85 bits per heavy atom. The molecule has 1 amide bonds. The van der Waals surface area contributed by atoms with Crippen LogP contribution >= 0.6 is 24.8 Å². The maximum Gasteiger partial charge on any atom is 0.221 e. The zero-order chi connectivity index (χ0) is 17.4. The van der Waals surface area contributed by atoms with Gasteiger partial charge in [0.25, 0.3) is 0 Å². The SMILES string of the molecule is CCC(CC)(CN)NC(=O)CCN1CCN(c2ccccn2)CC1.Cl.Cl. The predicted molar refractivity (Wildman–Crippen MR) is 113 cm³/mol. The summed E-state index contributed by atoms with van der Waals surface area (Å²) < 4.78 is 0. The molecule has 8 heteroatoms. The Balaban J connectivity index is 0.00000312. The number of carbonyl (C=O) groups excluding carboxylic acids is 1. The van der Waals surface area contributed by atoms with Gasteiger partial charge in [-0.3, -0.25) is 9.69 Å². The molecule has 2 heterocycles. The molecule has 0 aliphatic carbocycles. The molecule has 1 aromatic heterocycles. The van der Waals surface area contributed by atoms with Gasteiger partial charge in [0.15, 0.2) is 0 Å². The third-order valence-corrected chi connectivity index (χ3v) is 5.15. The van der Waals surface area contributed by atoms with Crippen molar-refractivity contribution in [3.8, 4) is 0 Å². The number of nitrogens with zero attached hydrogens (tertiary/aromatic N) is 3.